The largest absolute Gasteiger partial charge is 0.367 e. The summed E-state index contributed by atoms with van der Waals surface area (Å²) in [6.45, 7) is 4.29. The molecule has 1 N–H and O–H groups in total. The van der Waals surface area contributed by atoms with Crippen LogP contribution in [0.5, 0.6) is 0 Å². The number of nitrogens with one attached hydrogen (secondary N) is 1. The molecular formula is C11H16N2. The van der Waals surface area contributed by atoms with E-state index in [2.05, 4.69) is 30.2 Å². The minimum Gasteiger partial charge on any atom is -0.367 e. The predicted molar refractivity (Wildman–Crippen MR) is 54.8 cm³/mol. The van der Waals surface area contributed by atoms with Gasteiger partial charge in [-0.2, -0.15) is 0 Å². The number of nitrogens with zero attached hydrogens (tertiary/aromatic N) is 1. The molecule has 2 rings (SSSR count). The summed E-state index contributed by atoms with van der Waals surface area (Å²) in [6, 6.07) is 4.72. The predicted octanol–water partition coefficient (Wildman–Crippen LogP) is 2.60. The second-order valence-corrected chi connectivity index (χ2v) is 3.99. The maximum Gasteiger partial charge on any atom is 0.126 e. The Bertz CT molecular complexity index is 275. The van der Waals surface area contributed by atoms with E-state index in [-0.39, 0.29) is 0 Å². The van der Waals surface area contributed by atoms with Gasteiger partial charge in [0.2, 0.25) is 0 Å². The molecule has 13 heavy (non-hydrogen) atoms. The zero-order valence-corrected chi connectivity index (χ0v) is 8.25. The van der Waals surface area contributed by atoms with Crippen LogP contribution in [0.3, 0.4) is 0 Å². The standard InChI is InChI=1S/C11H16N2/c1-8-3-6-11(12-7-8)13-9(2)10-4-5-10/h3,6-7,9-10H,4-5H2,1-2H3,(H,12,13). The van der Waals surface area contributed by atoms with Crippen molar-refractivity contribution in [3.05, 3.63) is 23.9 Å². The fourth-order valence-corrected chi connectivity index (χ4v) is 1.50. The maximum atomic E-state index is 4.32. The fourth-order valence-electron chi connectivity index (χ4n) is 1.50. The van der Waals surface area contributed by atoms with Crippen molar-refractivity contribution in [1.29, 1.82) is 0 Å². The van der Waals surface area contributed by atoms with Gasteiger partial charge in [-0.1, -0.05) is 6.07 Å². The van der Waals surface area contributed by atoms with E-state index in [9.17, 15) is 0 Å². The van der Waals surface area contributed by atoms with Crippen molar-refractivity contribution in [3.63, 3.8) is 0 Å². The summed E-state index contributed by atoms with van der Waals surface area (Å²) in [5.41, 5.74) is 1.21. The van der Waals surface area contributed by atoms with Crippen molar-refractivity contribution in [2.75, 3.05) is 5.32 Å². The molecular weight excluding hydrogens is 160 g/mol. The number of pyridine rings is 1. The molecule has 70 valence electrons. The first kappa shape index (κ1) is 8.54. The number of anilines is 1. The zero-order chi connectivity index (χ0) is 9.26. The van der Waals surface area contributed by atoms with Crippen LogP contribution in [0.25, 0.3) is 0 Å². The van der Waals surface area contributed by atoms with Crippen LogP contribution < -0.4 is 5.32 Å². The Kier molecular flexibility index (Phi) is 2.21. The van der Waals surface area contributed by atoms with E-state index in [0.29, 0.717) is 6.04 Å². The molecule has 1 saturated carbocycles. The van der Waals surface area contributed by atoms with Gasteiger partial charge in [0.15, 0.2) is 0 Å². The van der Waals surface area contributed by atoms with Gasteiger partial charge in [0.05, 0.1) is 0 Å². The van der Waals surface area contributed by atoms with Gasteiger partial charge in [-0.25, -0.2) is 4.98 Å². The number of aryl methyl sites for hydroxylation is 1. The highest BCUT2D eigenvalue weighted by Crippen LogP contribution is 2.33. The van der Waals surface area contributed by atoms with Crippen LogP contribution >= 0.6 is 0 Å². The third kappa shape index (κ3) is 2.20. The molecule has 1 aromatic heterocycles. The quantitative estimate of drug-likeness (QED) is 0.765. The number of hydrogen-bond acceptors (Lipinski definition) is 2. The lowest BCUT2D eigenvalue weighted by Crippen LogP contribution is -2.17. The SMILES string of the molecule is Cc1ccc(NC(C)C2CC2)nc1. The lowest BCUT2D eigenvalue weighted by Gasteiger charge is -2.12. The topological polar surface area (TPSA) is 24.9 Å². The number of aromatic nitrogens is 1. The third-order valence-electron chi connectivity index (χ3n) is 2.62. The van der Waals surface area contributed by atoms with Gasteiger partial charge in [0.25, 0.3) is 0 Å². The van der Waals surface area contributed by atoms with Crippen LogP contribution in [-0.4, -0.2) is 11.0 Å². The average molecular weight is 176 g/mol. The molecule has 2 heteroatoms. The normalized spacial score (nSPS) is 18.3. The molecule has 1 atom stereocenters. The first-order chi connectivity index (χ1) is 6.25. The monoisotopic (exact) mass is 176 g/mol. The minimum absolute atomic E-state index is 0.579. The first-order valence-electron chi connectivity index (χ1n) is 4.95. The van der Waals surface area contributed by atoms with E-state index >= 15 is 0 Å². The first-order valence-corrected chi connectivity index (χ1v) is 4.95. The molecule has 0 aromatic carbocycles. The molecule has 2 nitrogen and oxygen atoms in total. The van der Waals surface area contributed by atoms with Crippen LogP contribution in [0, 0.1) is 12.8 Å². The Morgan fingerprint density at radius 2 is 2.23 bits per heavy atom. The van der Waals surface area contributed by atoms with E-state index in [0.717, 1.165) is 11.7 Å². The smallest absolute Gasteiger partial charge is 0.126 e. The van der Waals surface area contributed by atoms with E-state index < -0.39 is 0 Å². The van der Waals surface area contributed by atoms with E-state index in [1.807, 2.05) is 12.3 Å². The summed E-state index contributed by atoms with van der Waals surface area (Å²) in [6.07, 6.45) is 4.65. The molecule has 0 amide bonds. The van der Waals surface area contributed by atoms with Gasteiger partial charge in [-0.3, -0.25) is 0 Å². The van der Waals surface area contributed by atoms with Crippen LogP contribution in [0.15, 0.2) is 18.3 Å². The molecule has 1 fully saturated rings. The Labute approximate surface area is 79.4 Å². The van der Waals surface area contributed by atoms with Crippen LogP contribution in [0.1, 0.15) is 25.3 Å². The lowest BCUT2D eigenvalue weighted by molar-refractivity contribution is 0.690. The van der Waals surface area contributed by atoms with Gasteiger partial charge in [-0.05, 0) is 44.2 Å². The summed E-state index contributed by atoms with van der Waals surface area (Å²) in [7, 11) is 0. The molecule has 1 aromatic rings. The lowest BCUT2D eigenvalue weighted by atomic mass is 10.2. The van der Waals surface area contributed by atoms with Crippen molar-refractivity contribution >= 4 is 5.82 Å². The molecule has 0 spiro atoms. The fraction of sp³-hybridized carbons (Fsp3) is 0.545. The summed E-state index contributed by atoms with van der Waals surface area (Å²) in [4.78, 5) is 4.32. The third-order valence-corrected chi connectivity index (χ3v) is 2.62. The van der Waals surface area contributed by atoms with Crippen molar-refractivity contribution in [3.8, 4) is 0 Å². The van der Waals surface area contributed by atoms with Crippen molar-refractivity contribution in [2.24, 2.45) is 5.92 Å². The summed E-state index contributed by atoms with van der Waals surface area (Å²) in [5, 5.41) is 3.42. The maximum absolute atomic E-state index is 4.32. The van der Waals surface area contributed by atoms with Crippen molar-refractivity contribution in [1.82, 2.24) is 4.98 Å². The highest BCUT2D eigenvalue weighted by Gasteiger charge is 2.27. The highest BCUT2D eigenvalue weighted by atomic mass is 15.0. The van der Waals surface area contributed by atoms with Gasteiger partial charge in [0, 0.05) is 12.2 Å². The minimum atomic E-state index is 0.579. The Morgan fingerprint density at radius 1 is 1.46 bits per heavy atom. The van der Waals surface area contributed by atoms with Crippen molar-refractivity contribution < 1.29 is 0 Å². The Balaban J connectivity index is 1.96. The average Bonchev–Trinajstić information content (AvgIpc) is 2.91. The van der Waals surface area contributed by atoms with Crippen molar-refractivity contribution in [2.45, 2.75) is 32.7 Å². The van der Waals surface area contributed by atoms with E-state index in [4.69, 9.17) is 0 Å². The molecule has 0 aliphatic heterocycles. The number of hydrogen-bond donors (Lipinski definition) is 1. The summed E-state index contributed by atoms with van der Waals surface area (Å²) < 4.78 is 0. The highest BCUT2D eigenvalue weighted by molar-refractivity contribution is 5.36. The Morgan fingerprint density at radius 3 is 2.77 bits per heavy atom. The second kappa shape index (κ2) is 3.36. The van der Waals surface area contributed by atoms with Gasteiger partial charge in [-0.15, -0.1) is 0 Å². The van der Waals surface area contributed by atoms with Gasteiger partial charge in [0.1, 0.15) is 5.82 Å². The van der Waals surface area contributed by atoms with E-state index in [1.165, 1.54) is 18.4 Å². The van der Waals surface area contributed by atoms with Crippen LogP contribution in [0.2, 0.25) is 0 Å². The van der Waals surface area contributed by atoms with E-state index in [1.54, 1.807) is 0 Å². The molecule has 0 bridgehead atoms. The summed E-state index contributed by atoms with van der Waals surface area (Å²) in [5.74, 6) is 1.88. The van der Waals surface area contributed by atoms with Crippen LogP contribution in [-0.2, 0) is 0 Å². The summed E-state index contributed by atoms with van der Waals surface area (Å²) >= 11 is 0. The molecule has 1 unspecified atom stereocenters. The molecule has 1 aliphatic rings. The van der Waals surface area contributed by atoms with Crippen LogP contribution in [0.4, 0.5) is 5.82 Å². The molecule has 1 aliphatic carbocycles. The van der Waals surface area contributed by atoms with Gasteiger partial charge < -0.3 is 5.32 Å². The van der Waals surface area contributed by atoms with Gasteiger partial charge >= 0.3 is 0 Å². The number of rotatable bonds is 3. The molecule has 1 heterocycles. The second-order valence-electron chi connectivity index (χ2n) is 3.99. The molecule has 0 radical (unpaired) electrons. The molecule has 0 saturated heterocycles. The Hall–Kier alpha value is -1.05. The zero-order valence-electron chi connectivity index (χ0n) is 8.25.